The minimum absolute atomic E-state index is 0.221. The number of benzene rings is 1. The van der Waals surface area contributed by atoms with Gasteiger partial charge in [-0.25, -0.2) is 4.98 Å². The van der Waals surface area contributed by atoms with E-state index < -0.39 is 0 Å². The summed E-state index contributed by atoms with van der Waals surface area (Å²) in [5.74, 6) is 0.298. The third-order valence-corrected chi connectivity index (χ3v) is 4.95. The second-order valence-corrected chi connectivity index (χ2v) is 7.50. The number of nitrogens with zero attached hydrogens (tertiary/aromatic N) is 2. The standard InChI is InChI=1S/C20H25N3O3S/c1-4-9-25-18-8-6-5-7-17(18)19(24)22-20-21-16(13-27-20)12-23-10-14(2)26-15(3)11-23/h4-8,13-15H,1,9-12H2,2-3H3,(H,21,22,24)/t14-,15-/m0/s1. The number of amides is 1. The summed E-state index contributed by atoms with van der Waals surface area (Å²) in [4.78, 5) is 19.5. The van der Waals surface area contributed by atoms with Crippen molar-refractivity contribution >= 4 is 22.4 Å². The smallest absolute Gasteiger partial charge is 0.261 e. The first-order valence-corrected chi connectivity index (χ1v) is 9.89. The van der Waals surface area contributed by atoms with Crippen molar-refractivity contribution in [3.8, 4) is 5.75 Å². The van der Waals surface area contributed by atoms with Crippen molar-refractivity contribution in [2.24, 2.45) is 0 Å². The van der Waals surface area contributed by atoms with Crippen LogP contribution in [0.5, 0.6) is 5.75 Å². The van der Waals surface area contributed by atoms with Gasteiger partial charge in [0.2, 0.25) is 0 Å². The molecule has 6 nitrogen and oxygen atoms in total. The molecule has 1 amide bonds. The lowest BCUT2D eigenvalue weighted by molar-refractivity contribution is -0.0707. The second-order valence-electron chi connectivity index (χ2n) is 6.65. The molecule has 1 aliphatic heterocycles. The van der Waals surface area contributed by atoms with Crippen molar-refractivity contribution in [3.05, 3.63) is 53.6 Å². The fourth-order valence-corrected chi connectivity index (χ4v) is 3.87. The maximum Gasteiger partial charge on any atom is 0.261 e. The van der Waals surface area contributed by atoms with Gasteiger partial charge in [0.15, 0.2) is 5.13 Å². The SMILES string of the molecule is C=CCOc1ccccc1C(=O)Nc1nc(CN2C[C@H](C)O[C@@H](C)C2)cs1. The minimum Gasteiger partial charge on any atom is -0.489 e. The number of hydrogen-bond acceptors (Lipinski definition) is 6. The molecule has 1 aromatic carbocycles. The van der Waals surface area contributed by atoms with Gasteiger partial charge >= 0.3 is 0 Å². The molecule has 0 bridgehead atoms. The Morgan fingerprint density at radius 2 is 2.15 bits per heavy atom. The average molecular weight is 388 g/mol. The van der Waals surface area contributed by atoms with Crippen LogP contribution < -0.4 is 10.1 Å². The molecule has 2 aromatic rings. The molecule has 2 atom stereocenters. The number of nitrogens with one attached hydrogen (secondary N) is 1. The summed E-state index contributed by atoms with van der Waals surface area (Å²) in [6, 6.07) is 7.15. The predicted octanol–water partition coefficient (Wildman–Crippen LogP) is 3.57. The first kappa shape index (κ1) is 19.5. The van der Waals surface area contributed by atoms with E-state index >= 15 is 0 Å². The van der Waals surface area contributed by atoms with Gasteiger partial charge in [0.05, 0.1) is 23.5 Å². The van der Waals surface area contributed by atoms with Crippen molar-refractivity contribution in [2.75, 3.05) is 25.0 Å². The zero-order valence-corrected chi connectivity index (χ0v) is 16.5. The van der Waals surface area contributed by atoms with E-state index in [9.17, 15) is 4.79 Å². The molecule has 1 saturated heterocycles. The topological polar surface area (TPSA) is 63.7 Å². The first-order valence-electron chi connectivity index (χ1n) is 9.01. The summed E-state index contributed by atoms with van der Waals surface area (Å²) in [7, 11) is 0. The Labute approximate surface area is 163 Å². The molecule has 0 spiro atoms. The van der Waals surface area contributed by atoms with E-state index in [0.717, 1.165) is 25.3 Å². The summed E-state index contributed by atoms with van der Waals surface area (Å²) in [6.07, 6.45) is 2.09. The van der Waals surface area contributed by atoms with E-state index in [-0.39, 0.29) is 18.1 Å². The van der Waals surface area contributed by atoms with Gasteiger partial charge in [-0.1, -0.05) is 24.8 Å². The van der Waals surface area contributed by atoms with Gasteiger partial charge in [-0.3, -0.25) is 15.0 Å². The third-order valence-electron chi connectivity index (χ3n) is 4.14. The number of hydrogen-bond donors (Lipinski definition) is 1. The van der Waals surface area contributed by atoms with Crippen molar-refractivity contribution in [1.82, 2.24) is 9.88 Å². The molecular formula is C20H25N3O3S. The molecule has 7 heteroatoms. The Balaban J connectivity index is 1.62. The molecule has 27 heavy (non-hydrogen) atoms. The molecule has 1 aromatic heterocycles. The van der Waals surface area contributed by atoms with Crippen molar-refractivity contribution in [2.45, 2.75) is 32.6 Å². The lowest BCUT2D eigenvalue weighted by Gasteiger charge is -2.34. The van der Waals surface area contributed by atoms with E-state index in [0.29, 0.717) is 23.1 Å². The number of morpholine rings is 1. The van der Waals surface area contributed by atoms with Gasteiger partial charge in [-0.2, -0.15) is 0 Å². The predicted molar refractivity (Wildman–Crippen MR) is 107 cm³/mol. The van der Waals surface area contributed by atoms with Crippen molar-refractivity contribution < 1.29 is 14.3 Å². The maximum atomic E-state index is 12.6. The number of anilines is 1. The monoisotopic (exact) mass is 387 g/mol. The largest absolute Gasteiger partial charge is 0.489 e. The second kappa shape index (κ2) is 9.12. The average Bonchev–Trinajstić information content (AvgIpc) is 3.06. The number of thiazole rings is 1. The van der Waals surface area contributed by atoms with Crippen LogP contribution in [0.2, 0.25) is 0 Å². The van der Waals surface area contributed by atoms with Crippen LogP contribution in [0.4, 0.5) is 5.13 Å². The Morgan fingerprint density at radius 3 is 2.89 bits per heavy atom. The summed E-state index contributed by atoms with van der Waals surface area (Å²) >= 11 is 1.43. The van der Waals surface area contributed by atoms with Crippen molar-refractivity contribution in [3.63, 3.8) is 0 Å². The lowest BCUT2D eigenvalue weighted by Crippen LogP contribution is -2.44. The lowest BCUT2D eigenvalue weighted by atomic mass is 10.2. The summed E-state index contributed by atoms with van der Waals surface area (Å²) in [5, 5.41) is 5.44. The fourth-order valence-electron chi connectivity index (χ4n) is 3.17. The number of carbonyl (C=O) groups excluding carboxylic acids is 1. The van der Waals surface area contributed by atoms with Gasteiger partial charge in [0, 0.05) is 25.0 Å². The Morgan fingerprint density at radius 1 is 1.41 bits per heavy atom. The summed E-state index contributed by atoms with van der Waals surface area (Å²) in [5.41, 5.74) is 1.43. The molecular weight excluding hydrogens is 362 g/mol. The van der Waals surface area contributed by atoms with Crippen LogP contribution in [0.15, 0.2) is 42.3 Å². The van der Waals surface area contributed by atoms with E-state index in [1.54, 1.807) is 18.2 Å². The van der Waals surface area contributed by atoms with Crippen LogP contribution in [0, 0.1) is 0 Å². The Kier molecular flexibility index (Phi) is 6.60. The molecule has 0 unspecified atom stereocenters. The molecule has 3 rings (SSSR count). The Bertz CT molecular complexity index is 782. The first-order chi connectivity index (χ1) is 13.0. The molecule has 2 heterocycles. The number of carbonyl (C=O) groups is 1. The van der Waals surface area contributed by atoms with E-state index in [4.69, 9.17) is 9.47 Å². The van der Waals surface area contributed by atoms with Gasteiger partial charge in [0.1, 0.15) is 12.4 Å². The fraction of sp³-hybridized carbons (Fsp3) is 0.400. The third kappa shape index (κ3) is 5.38. The minimum atomic E-state index is -0.232. The number of aromatic nitrogens is 1. The highest BCUT2D eigenvalue weighted by Crippen LogP contribution is 2.23. The van der Waals surface area contributed by atoms with Crippen LogP contribution >= 0.6 is 11.3 Å². The highest BCUT2D eigenvalue weighted by Gasteiger charge is 2.23. The summed E-state index contributed by atoms with van der Waals surface area (Å²) in [6.45, 7) is 10.7. The molecule has 0 aliphatic carbocycles. The molecule has 1 N–H and O–H groups in total. The van der Waals surface area contributed by atoms with Gasteiger partial charge in [0.25, 0.3) is 5.91 Å². The zero-order valence-electron chi connectivity index (χ0n) is 15.7. The van der Waals surface area contributed by atoms with Gasteiger partial charge < -0.3 is 9.47 Å². The van der Waals surface area contributed by atoms with E-state index in [2.05, 4.69) is 35.6 Å². The zero-order chi connectivity index (χ0) is 19.2. The molecule has 1 fully saturated rings. The van der Waals surface area contributed by atoms with Crippen LogP contribution in [0.25, 0.3) is 0 Å². The maximum absolute atomic E-state index is 12.6. The number of para-hydroxylation sites is 1. The molecule has 0 radical (unpaired) electrons. The highest BCUT2D eigenvalue weighted by atomic mass is 32.1. The van der Waals surface area contributed by atoms with Gasteiger partial charge in [-0.15, -0.1) is 11.3 Å². The summed E-state index contributed by atoms with van der Waals surface area (Å²) < 4.78 is 11.3. The van der Waals surface area contributed by atoms with Crippen LogP contribution in [-0.2, 0) is 11.3 Å². The van der Waals surface area contributed by atoms with Crippen LogP contribution in [0.1, 0.15) is 29.9 Å². The highest BCUT2D eigenvalue weighted by molar-refractivity contribution is 7.14. The normalized spacial score (nSPS) is 20.2. The Hall–Kier alpha value is -2.22. The molecule has 0 saturated carbocycles. The van der Waals surface area contributed by atoms with E-state index in [1.807, 2.05) is 17.5 Å². The van der Waals surface area contributed by atoms with Crippen molar-refractivity contribution in [1.29, 1.82) is 0 Å². The quantitative estimate of drug-likeness (QED) is 0.736. The van der Waals surface area contributed by atoms with E-state index in [1.165, 1.54) is 11.3 Å². The number of ether oxygens (including phenoxy) is 2. The number of rotatable bonds is 7. The van der Waals surface area contributed by atoms with Gasteiger partial charge in [-0.05, 0) is 26.0 Å². The molecule has 144 valence electrons. The van der Waals surface area contributed by atoms with Crippen LogP contribution in [-0.4, -0.2) is 47.7 Å². The molecule has 1 aliphatic rings. The van der Waals surface area contributed by atoms with Crippen LogP contribution in [0.3, 0.4) is 0 Å².